The first kappa shape index (κ1) is 14.1. The van der Waals surface area contributed by atoms with Crippen LogP contribution in [0.5, 0.6) is 0 Å². The lowest BCUT2D eigenvalue weighted by Gasteiger charge is -2.13. The highest BCUT2D eigenvalue weighted by atomic mass is 19.3. The van der Waals surface area contributed by atoms with Crippen LogP contribution >= 0.6 is 0 Å². The van der Waals surface area contributed by atoms with Gasteiger partial charge in [0, 0.05) is 29.1 Å². The molecule has 0 fully saturated rings. The van der Waals surface area contributed by atoms with Crippen LogP contribution in [0.25, 0.3) is 0 Å². The fourth-order valence-corrected chi connectivity index (χ4v) is 1.67. The zero-order valence-corrected chi connectivity index (χ0v) is 9.93. The lowest BCUT2D eigenvalue weighted by atomic mass is 10.1. The van der Waals surface area contributed by atoms with Crippen LogP contribution in [0, 0.1) is 17.5 Å². The minimum absolute atomic E-state index is 0.0942. The fourth-order valence-electron chi connectivity index (χ4n) is 1.67. The molecule has 7 heteroatoms. The number of alkyl halides is 2. The summed E-state index contributed by atoms with van der Waals surface area (Å²) in [6.45, 7) is 0. The topological polar surface area (TPSA) is 38.0 Å². The summed E-state index contributed by atoms with van der Waals surface area (Å²) in [5.41, 5.74) is 4.23. The van der Waals surface area contributed by atoms with Crippen LogP contribution in [0.2, 0.25) is 0 Å². The zero-order chi connectivity index (χ0) is 14.9. The van der Waals surface area contributed by atoms with Crippen LogP contribution in [-0.2, 0) is 0 Å². The molecule has 0 saturated carbocycles. The van der Waals surface area contributed by atoms with E-state index >= 15 is 0 Å². The Balaban J connectivity index is 2.45. The predicted molar refractivity (Wildman–Crippen MR) is 65.4 cm³/mol. The molecule has 0 unspecified atom stereocenters. The van der Waals surface area contributed by atoms with Crippen molar-refractivity contribution in [3.05, 3.63) is 53.3 Å². The molecular weight excluding hydrogens is 279 g/mol. The van der Waals surface area contributed by atoms with Gasteiger partial charge in [-0.05, 0) is 18.2 Å². The summed E-state index contributed by atoms with van der Waals surface area (Å²) in [5, 5.41) is 2.24. The molecule has 0 amide bonds. The van der Waals surface area contributed by atoms with Gasteiger partial charge in [-0.1, -0.05) is 0 Å². The van der Waals surface area contributed by atoms with E-state index in [9.17, 15) is 22.0 Å². The van der Waals surface area contributed by atoms with Crippen molar-refractivity contribution in [1.29, 1.82) is 0 Å². The first-order valence-electron chi connectivity index (χ1n) is 5.47. The normalized spacial score (nSPS) is 10.9. The first-order valence-corrected chi connectivity index (χ1v) is 5.47. The Morgan fingerprint density at radius 3 is 2.30 bits per heavy atom. The van der Waals surface area contributed by atoms with Crippen molar-refractivity contribution in [3.63, 3.8) is 0 Å². The Hall–Kier alpha value is -2.31. The van der Waals surface area contributed by atoms with Crippen molar-refractivity contribution in [2.45, 2.75) is 6.43 Å². The average Bonchev–Trinajstić information content (AvgIpc) is 2.37. The molecule has 3 N–H and O–H groups in total. The highest BCUT2D eigenvalue weighted by Gasteiger charge is 2.16. The molecule has 2 rings (SSSR count). The zero-order valence-electron chi connectivity index (χ0n) is 9.93. The summed E-state index contributed by atoms with van der Waals surface area (Å²) in [6, 6.07) is 4.52. The molecule has 0 bridgehead atoms. The Kier molecular flexibility index (Phi) is 3.78. The van der Waals surface area contributed by atoms with Gasteiger partial charge in [0.15, 0.2) is 11.6 Å². The fraction of sp³-hybridized carbons (Fsp3) is 0.0769. The Morgan fingerprint density at radius 2 is 1.65 bits per heavy atom. The summed E-state index contributed by atoms with van der Waals surface area (Å²) >= 11 is 0. The summed E-state index contributed by atoms with van der Waals surface area (Å²) < 4.78 is 65.2. The van der Waals surface area contributed by atoms with Crippen LogP contribution in [0.3, 0.4) is 0 Å². The van der Waals surface area contributed by atoms with Gasteiger partial charge in [-0.25, -0.2) is 22.0 Å². The summed E-state index contributed by atoms with van der Waals surface area (Å²) in [7, 11) is 0. The lowest BCUT2D eigenvalue weighted by molar-refractivity contribution is 0.152. The van der Waals surface area contributed by atoms with E-state index in [0.717, 1.165) is 6.07 Å². The molecule has 0 spiro atoms. The third-order valence-corrected chi connectivity index (χ3v) is 2.57. The van der Waals surface area contributed by atoms with E-state index in [-0.39, 0.29) is 11.4 Å². The van der Waals surface area contributed by atoms with E-state index in [1.54, 1.807) is 0 Å². The van der Waals surface area contributed by atoms with Crippen molar-refractivity contribution in [3.8, 4) is 0 Å². The molecule has 2 aromatic rings. The third-order valence-electron chi connectivity index (χ3n) is 2.57. The van der Waals surface area contributed by atoms with Gasteiger partial charge in [0.1, 0.15) is 5.82 Å². The number of nitrogens with two attached hydrogens (primary N) is 1. The Labute approximate surface area is 111 Å². The van der Waals surface area contributed by atoms with Gasteiger partial charge in [-0.15, -0.1) is 0 Å². The van der Waals surface area contributed by atoms with Crippen molar-refractivity contribution >= 4 is 17.1 Å². The lowest BCUT2D eigenvalue weighted by Crippen LogP contribution is -2.02. The predicted octanol–water partition coefficient (Wildman–Crippen LogP) is 4.37. The molecule has 0 aliphatic carbocycles. The molecule has 0 radical (unpaired) electrons. The standard InChI is InChI=1S/C13H9F5N2/c14-6-3-9(15)12(16)11(4-6)20-10-2-1-7(19)5-8(10)13(17)18/h1-5,13,20H,19H2. The Bertz CT molecular complexity index is 643. The smallest absolute Gasteiger partial charge is 0.265 e. The van der Waals surface area contributed by atoms with Crippen LogP contribution < -0.4 is 11.1 Å². The summed E-state index contributed by atoms with van der Waals surface area (Å²) in [4.78, 5) is 0. The van der Waals surface area contributed by atoms with Crippen molar-refractivity contribution in [2.24, 2.45) is 0 Å². The van der Waals surface area contributed by atoms with Crippen LogP contribution in [-0.4, -0.2) is 0 Å². The average molecular weight is 288 g/mol. The molecule has 2 nitrogen and oxygen atoms in total. The number of anilines is 3. The Morgan fingerprint density at radius 1 is 0.950 bits per heavy atom. The van der Waals surface area contributed by atoms with Crippen molar-refractivity contribution in [1.82, 2.24) is 0 Å². The third kappa shape index (κ3) is 2.81. The van der Waals surface area contributed by atoms with E-state index in [2.05, 4.69) is 5.32 Å². The monoisotopic (exact) mass is 288 g/mol. The molecule has 0 heterocycles. The van der Waals surface area contributed by atoms with Gasteiger partial charge in [0.05, 0.1) is 5.69 Å². The van der Waals surface area contributed by atoms with Crippen LogP contribution in [0.4, 0.5) is 39.0 Å². The van der Waals surface area contributed by atoms with Crippen LogP contribution in [0.15, 0.2) is 30.3 Å². The van der Waals surface area contributed by atoms with E-state index in [1.807, 2.05) is 0 Å². The van der Waals surface area contributed by atoms with Gasteiger partial charge < -0.3 is 11.1 Å². The van der Waals surface area contributed by atoms with Gasteiger partial charge >= 0.3 is 0 Å². The number of hydrogen-bond acceptors (Lipinski definition) is 2. The van der Waals surface area contributed by atoms with Crippen molar-refractivity contribution in [2.75, 3.05) is 11.1 Å². The second-order valence-electron chi connectivity index (χ2n) is 4.02. The molecule has 20 heavy (non-hydrogen) atoms. The van der Waals surface area contributed by atoms with Crippen LogP contribution in [0.1, 0.15) is 12.0 Å². The number of nitrogen functional groups attached to an aromatic ring is 1. The first-order chi connectivity index (χ1) is 9.38. The molecule has 0 saturated heterocycles. The second-order valence-corrected chi connectivity index (χ2v) is 4.02. The summed E-state index contributed by atoms with van der Waals surface area (Å²) in [5.74, 6) is -3.80. The molecule has 2 aromatic carbocycles. The molecule has 0 aliphatic rings. The van der Waals surface area contributed by atoms with E-state index in [0.29, 0.717) is 12.1 Å². The van der Waals surface area contributed by atoms with Gasteiger partial charge in [-0.2, -0.15) is 0 Å². The van der Waals surface area contributed by atoms with Crippen molar-refractivity contribution < 1.29 is 22.0 Å². The second kappa shape index (κ2) is 5.36. The van der Waals surface area contributed by atoms with Gasteiger partial charge in [0.2, 0.25) is 0 Å². The van der Waals surface area contributed by atoms with E-state index in [1.165, 1.54) is 12.1 Å². The number of nitrogens with one attached hydrogen (secondary N) is 1. The van der Waals surface area contributed by atoms with E-state index in [4.69, 9.17) is 5.73 Å². The number of halogens is 5. The SMILES string of the molecule is Nc1ccc(Nc2cc(F)cc(F)c2F)c(C(F)F)c1. The molecule has 106 valence electrons. The van der Waals surface area contributed by atoms with E-state index < -0.39 is 35.1 Å². The maximum atomic E-state index is 13.5. The molecule has 0 aliphatic heterocycles. The maximum absolute atomic E-state index is 13.5. The summed E-state index contributed by atoms with van der Waals surface area (Å²) in [6.07, 6.45) is -2.87. The molecule has 0 atom stereocenters. The molecule has 0 aromatic heterocycles. The molecular formula is C13H9F5N2. The minimum Gasteiger partial charge on any atom is -0.399 e. The quantitative estimate of drug-likeness (QED) is 0.500. The number of hydrogen-bond donors (Lipinski definition) is 2. The largest absolute Gasteiger partial charge is 0.399 e. The number of rotatable bonds is 3. The van der Waals surface area contributed by atoms with Gasteiger partial charge in [-0.3, -0.25) is 0 Å². The minimum atomic E-state index is -2.87. The highest BCUT2D eigenvalue weighted by molar-refractivity contribution is 5.67. The maximum Gasteiger partial charge on any atom is 0.265 e. The highest BCUT2D eigenvalue weighted by Crippen LogP contribution is 2.32. The number of benzene rings is 2. The van der Waals surface area contributed by atoms with Gasteiger partial charge in [0.25, 0.3) is 6.43 Å².